The second-order valence-electron chi connectivity index (χ2n) is 6.80. The summed E-state index contributed by atoms with van der Waals surface area (Å²) in [4.78, 5) is 15.7. The number of nitrogens with zero attached hydrogens (tertiary/aromatic N) is 4. The van der Waals surface area contributed by atoms with E-state index in [2.05, 4.69) is 32.1 Å². The van der Waals surface area contributed by atoms with E-state index in [0.717, 1.165) is 43.8 Å². The van der Waals surface area contributed by atoms with Gasteiger partial charge in [0.15, 0.2) is 5.82 Å². The van der Waals surface area contributed by atoms with E-state index in [9.17, 15) is 0 Å². The highest BCUT2D eigenvalue weighted by Crippen LogP contribution is 2.36. The molecule has 0 aliphatic carbocycles. The van der Waals surface area contributed by atoms with Crippen molar-refractivity contribution >= 4 is 40.8 Å². The van der Waals surface area contributed by atoms with Crippen LogP contribution < -0.4 is 10.1 Å². The van der Waals surface area contributed by atoms with Gasteiger partial charge in [-0.05, 0) is 43.6 Å². The lowest BCUT2D eigenvalue weighted by molar-refractivity contribution is 0.226. The van der Waals surface area contributed by atoms with E-state index in [-0.39, 0.29) is 11.9 Å². The number of hydrogen-bond donors (Lipinski definition) is 1. The minimum Gasteiger partial charge on any atom is -0.497 e. The molecule has 1 aromatic heterocycles. The lowest BCUT2D eigenvalue weighted by Gasteiger charge is -2.32. The van der Waals surface area contributed by atoms with Crippen LogP contribution in [0.4, 0.5) is 5.95 Å². The smallest absolute Gasteiger partial charge is 0.250 e. The van der Waals surface area contributed by atoms with Crippen molar-refractivity contribution in [2.24, 2.45) is 0 Å². The van der Waals surface area contributed by atoms with Crippen LogP contribution in [-0.2, 0) is 10.2 Å². The van der Waals surface area contributed by atoms with Crippen LogP contribution in [0.3, 0.4) is 0 Å². The summed E-state index contributed by atoms with van der Waals surface area (Å²) >= 11 is 18.2. The van der Waals surface area contributed by atoms with Gasteiger partial charge in [0.25, 0.3) is 0 Å². The molecule has 1 aliphatic rings. The van der Waals surface area contributed by atoms with Crippen LogP contribution >= 0.6 is 34.8 Å². The predicted octanol–water partition coefficient (Wildman–Crippen LogP) is 4.19. The molecule has 2 aromatic rings. The molecule has 1 N–H and O–H groups in total. The molecule has 0 bridgehead atoms. The quantitative estimate of drug-likeness (QED) is 0.674. The molecule has 0 amide bonds. The fourth-order valence-electron chi connectivity index (χ4n) is 3.30. The van der Waals surface area contributed by atoms with Crippen molar-refractivity contribution in [2.45, 2.75) is 36.0 Å². The molecule has 3 rings (SSSR count). The van der Waals surface area contributed by atoms with Crippen LogP contribution in [0, 0.1) is 0 Å². The maximum absolute atomic E-state index is 6.06. The molecule has 0 radical (unpaired) electrons. The van der Waals surface area contributed by atoms with Crippen molar-refractivity contribution in [3.63, 3.8) is 0 Å². The zero-order chi connectivity index (χ0) is 20.1. The highest BCUT2D eigenvalue weighted by molar-refractivity contribution is 6.66. The van der Waals surface area contributed by atoms with E-state index in [1.165, 1.54) is 0 Å². The average Bonchev–Trinajstić information content (AvgIpc) is 2.67. The number of hydrogen-bond acceptors (Lipinski definition) is 6. The van der Waals surface area contributed by atoms with Gasteiger partial charge in [-0.3, -0.25) is 0 Å². The number of benzene rings is 1. The first kappa shape index (κ1) is 21.4. The van der Waals surface area contributed by atoms with Gasteiger partial charge in [0.2, 0.25) is 9.74 Å². The van der Waals surface area contributed by atoms with Crippen LogP contribution in [0.1, 0.15) is 37.0 Å². The van der Waals surface area contributed by atoms with Crippen molar-refractivity contribution < 1.29 is 4.74 Å². The first-order valence-electron chi connectivity index (χ1n) is 9.31. The van der Waals surface area contributed by atoms with Crippen LogP contribution in [-0.4, -0.2) is 52.6 Å². The minimum atomic E-state index is -1.72. The summed E-state index contributed by atoms with van der Waals surface area (Å²) < 4.78 is 3.56. The van der Waals surface area contributed by atoms with Gasteiger partial charge in [-0.25, -0.2) is 4.98 Å². The first-order valence-corrected chi connectivity index (χ1v) is 10.4. The number of ether oxygens (including phenoxy) is 1. The molecule has 6 nitrogen and oxygen atoms in total. The molecule has 28 heavy (non-hydrogen) atoms. The summed E-state index contributed by atoms with van der Waals surface area (Å²) in [7, 11) is 1.63. The molecular weight excluding hydrogens is 421 g/mol. The number of piperidine rings is 1. The number of nitrogens with one attached hydrogen (secondary N) is 1. The second-order valence-corrected chi connectivity index (χ2v) is 9.08. The Morgan fingerprint density at radius 3 is 2.79 bits per heavy atom. The Balaban J connectivity index is 1.84. The average molecular weight is 445 g/mol. The van der Waals surface area contributed by atoms with E-state index >= 15 is 0 Å². The van der Waals surface area contributed by atoms with Crippen molar-refractivity contribution in [3.8, 4) is 5.75 Å². The van der Waals surface area contributed by atoms with Gasteiger partial charge in [-0.2, -0.15) is 9.97 Å². The molecule has 1 saturated heterocycles. The SMILES string of the molecule is CCN1CCCC(Nc2nc(Cc3cccc(OC)c3)nc(C(Cl)(Cl)Cl)n2)C1. The van der Waals surface area contributed by atoms with Crippen molar-refractivity contribution in [2.75, 3.05) is 32.1 Å². The van der Waals surface area contributed by atoms with Gasteiger partial charge in [-0.15, -0.1) is 0 Å². The Labute approximate surface area is 180 Å². The summed E-state index contributed by atoms with van der Waals surface area (Å²) in [5.41, 5.74) is 1.00. The summed E-state index contributed by atoms with van der Waals surface area (Å²) in [5.74, 6) is 1.87. The second kappa shape index (κ2) is 9.44. The van der Waals surface area contributed by atoms with Crippen LogP contribution in [0.5, 0.6) is 5.75 Å². The maximum atomic E-state index is 6.06. The molecule has 1 atom stereocenters. The standard InChI is InChI=1S/C19H24Cl3N5O/c1-3-27-9-5-7-14(12-27)23-18-25-16(24-17(26-18)19(20,21)22)11-13-6-4-8-15(10-13)28-2/h4,6,8,10,14H,3,5,7,9,11-12H2,1-2H3,(H,23,24,25,26). The van der Waals surface area contributed by atoms with Gasteiger partial charge >= 0.3 is 0 Å². The fraction of sp³-hybridized carbons (Fsp3) is 0.526. The topological polar surface area (TPSA) is 63.2 Å². The van der Waals surface area contributed by atoms with Gasteiger partial charge in [0.1, 0.15) is 11.6 Å². The Morgan fingerprint density at radius 2 is 2.07 bits per heavy atom. The van der Waals surface area contributed by atoms with Crippen molar-refractivity contribution in [1.29, 1.82) is 0 Å². The van der Waals surface area contributed by atoms with Crippen molar-refractivity contribution in [3.05, 3.63) is 41.5 Å². The zero-order valence-corrected chi connectivity index (χ0v) is 18.2. The molecule has 2 heterocycles. The lowest BCUT2D eigenvalue weighted by Crippen LogP contribution is -2.42. The van der Waals surface area contributed by atoms with Gasteiger partial charge < -0.3 is 15.0 Å². The molecular formula is C19H24Cl3N5O. The van der Waals surface area contributed by atoms with Gasteiger partial charge in [0.05, 0.1) is 7.11 Å². The number of likely N-dealkylation sites (N-methyl/N-ethyl adjacent to an activating group) is 1. The van der Waals surface area contributed by atoms with Crippen LogP contribution in [0.15, 0.2) is 24.3 Å². The van der Waals surface area contributed by atoms with Crippen LogP contribution in [0.2, 0.25) is 0 Å². The highest BCUT2D eigenvalue weighted by atomic mass is 35.6. The van der Waals surface area contributed by atoms with Gasteiger partial charge in [-0.1, -0.05) is 53.9 Å². The third-order valence-corrected chi connectivity index (χ3v) is 5.22. The Hall–Kier alpha value is -1.34. The molecule has 9 heteroatoms. The number of likely N-dealkylation sites (tertiary alicyclic amines) is 1. The molecule has 1 unspecified atom stereocenters. The number of methoxy groups -OCH3 is 1. The highest BCUT2D eigenvalue weighted by Gasteiger charge is 2.29. The largest absolute Gasteiger partial charge is 0.497 e. The number of anilines is 1. The Morgan fingerprint density at radius 1 is 1.25 bits per heavy atom. The number of rotatable bonds is 6. The summed E-state index contributed by atoms with van der Waals surface area (Å²) in [6, 6.07) is 7.98. The molecule has 1 fully saturated rings. The number of aromatic nitrogens is 3. The van der Waals surface area contributed by atoms with Gasteiger partial charge in [0, 0.05) is 19.0 Å². The van der Waals surface area contributed by atoms with E-state index in [1.807, 2.05) is 24.3 Å². The van der Waals surface area contributed by atoms with E-state index < -0.39 is 3.79 Å². The third kappa shape index (κ3) is 5.83. The maximum Gasteiger partial charge on any atom is 0.250 e. The zero-order valence-electron chi connectivity index (χ0n) is 16.0. The number of alkyl halides is 3. The molecule has 152 valence electrons. The Kier molecular flexibility index (Phi) is 7.20. The summed E-state index contributed by atoms with van der Waals surface area (Å²) in [6.07, 6.45) is 2.66. The van der Waals surface area contributed by atoms with E-state index in [4.69, 9.17) is 39.5 Å². The molecule has 1 aliphatic heterocycles. The normalized spacial score (nSPS) is 18.1. The predicted molar refractivity (Wildman–Crippen MR) is 114 cm³/mol. The monoisotopic (exact) mass is 443 g/mol. The summed E-state index contributed by atoms with van der Waals surface area (Å²) in [5, 5.41) is 3.40. The molecule has 1 aromatic carbocycles. The fourth-order valence-corrected chi connectivity index (χ4v) is 3.55. The van der Waals surface area contributed by atoms with E-state index in [1.54, 1.807) is 7.11 Å². The summed E-state index contributed by atoms with van der Waals surface area (Å²) in [6.45, 7) is 5.25. The molecule has 0 spiro atoms. The lowest BCUT2D eigenvalue weighted by atomic mass is 10.1. The minimum absolute atomic E-state index is 0.121. The first-order chi connectivity index (χ1) is 13.4. The van der Waals surface area contributed by atoms with E-state index in [0.29, 0.717) is 18.2 Å². The molecule has 0 saturated carbocycles. The third-order valence-electron chi connectivity index (χ3n) is 4.72. The Bertz CT molecular complexity index is 799. The van der Waals surface area contributed by atoms with Crippen molar-refractivity contribution in [1.82, 2.24) is 19.9 Å². The number of halogens is 3. The van der Waals surface area contributed by atoms with Crippen LogP contribution in [0.25, 0.3) is 0 Å².